The zero-order chi connectivity index (χ0) is 31.4. The van der Waals surface area contributed by atoms with Gasteiger partial charge in [-0.25, -0.2) is 9.78 Å². The molecular formula is C35H31ClN4O4S2. The highest BCUT2D eigenvalue weighted by atomic mass is 35.5. The number of aromatic nitrogens is 4. The first-order chi connectivity index (χ1) is 22.5. The van der Waals surface area contributed by atoms with Crippen LogP contribution in [0.5, 0.6) is 5.75 Å². The van der Waals surface area contributed by atoms with Gasteiger partial charge in [-0.3, -0.25) is 4.68 Å². The van der Waals surface area contributed by atoms with E-state index in [1.54, 1.807) is 29.8 Å². The van der Waals surface area contributed by atoms with Crippen LogP contribution in [0.1, 0.15) is 51.9 Å². The maximum atomic E-state index is 12.8. The first-order valence-electron chi connectivity index (χ1n) is 15.4. The number of aromatic carboxylic acids is 1. The highest BCUT2D eigenvalue weighted by Gasteiger charge is 2.29. The third-order valence-electron chi connectivity index (χ3n) is 8.85. The van der Waals surface area contributed by atoms with Gasteiger partial charge in [0.15, 0.2) is 0 Å². The van der Waals surface area contributed by atoms with E-state index < -0.39 is 5.97 Å². The van der Waals surface area contributed by atoms with Gasteiger partial charge >= 0.3 is 5.97 Å². The first kappa shape index (κ1) is 29.5. The number of carbonyl (C=O) groups is 1. The van der Waals surface area contributed by atoms with Crippen LogP contribution in [-0.2, 0) is 43.7 Å². The predicted molar refractivity (Wildman–Crippen MR) is 183 cm³/mol. The van der Waals surface area contributed by atoms with E-state index >= 15 is 0 Å². The maximum absolute atomic E-state index is 12.8. The van der Waals surface area contributed by atoms with Gasteiger partial charge in [0.25, 0.3) is 0 Å². The topological polar surface area (TPSA) is 95.3 Å². The maximum Gasteiger partial charge on any atom is 0.352 e. The summed E-state index contributed by atoms with van der Waals surface area (Å²) in [5, 5.41) is 19.1. The molecule has 0 atom stereocenters. The third-order valence-corrected chi connectivity index (χ3v) is 11.1. The highest BCUT2D eigenvalue weighted by Crippen LogP contribution is 2.44. The van der Waals surface area contributed by atoms with Crippen LogP contribution >= 0.6 is 35.1 Å². The monoisotopic (exact) mass is 670 g/mol. The summed E-state index contributed by atoms with van der Waals surface area (Å²) < 4.78 is 16.2. The van der Waals surface area contributed by atoms with Gasteiger partial charge in [0.05, 0.1) is 34.3 Å². The van der Waals surface area contributed by atoms with Crippen molar-refractivity contribution in [1.29, 1.82) is 0 Å². The molecule has 8 nitrogen and oxygen atoms in total. The molecule has 6 aromatic rings. The molecule has 0 saturated heterocycles. The number of ether oxygens (including phenoxy) is 1. The van der Waals surface area contributed by atoms with Gasteiger partial charge in [-0.1, -0.05) is 41.9 Å². The minimum atomic E-state index is -0.954. The summed E-state index contributed by atoms with van der Waals surface area (Å²) in [5.41, 5.74) is 6.81. The second-order valence-corrected chi connectivity index (χ2v) is 14.2. The van der Waals surface area contributed by atoms with Crippen LogP contribution in [-0.4, -0.2) is 37.0 Å². The second kappa shape index (κ2) is 12.1. The van der Waals surface area contributed by atoms with E-state index in [-0.39, 0.29) is 5.69 Å². The van der Waals surface area contributed by atoms with E-state index in [0.717, 1.165) is 85.5 Å². The van der Waals surface area contributed by atoms with Crippen molar-refractivity contribution in [3.8, 4) is 16.9 Å². The smallest absolute Gasteiger partial charge is 0.352 e. The van der Waals surface area contributed by atoms with Crippen molar-refractivity contribution in [2.75, 3.05) is 6.61 Å². The number of rotatable bonds is 1. The number of halogens is 1. The average Bonchev–Trinajstić information content (AvgIpc) is 3.82. The van der Waals surface area contributed by atoms with Crippen molar-refractivity contribution in [2.45, 2.75) is 54.4 Å². The lowest BCUT2D eigenvalue weighted by molar-refractivity contribution is 0.0685. The molecule has 234 valence electrons. The number of nitrogens with zero attached hydrogens (tertiary/aromatic N) is 4. The molecule has 0 aliphatic carbocycles. The Bertz CT molecular complexity index is 2150. The summed E-state index contributed by atoms with van der Waals surface area (Å²) in [4.78, 5) is 18.6. The number of fused-ring (bicyclic) bond motifs is 10. The van der Waals surface area contributed by atoms with Gasteiger partial charge in [-0.2, -0.15) is 5.10 Å². The molecule has 2 aliphatic heterocycles. The van der Waals surface area contributed by atoms with Crippen molar-refractivity contribution in [3.63, 3.8) is 0 Å². The quantitative estimate of drug-likeness (QED) is 0.186. The van der Waals surface area contributed by atoms with E-state index in [1.165, 1.54) is 0 Å². The van der Waals surface area contributed by atoms with Crippen LogP contribution < -0.4 is 4.74 Å². The molecule has 0 saturated carbocycles. The molecule has 0 radical (unpaired) electrons. The Morgan fingerprint density at radius 1 is 1.02 bits per heavy atom. The van der Waals surface area contributed by atoms with Gasteiger partial charge in [0.2, 0.25) is 5.89 Å². The van der Waals surface area contributed by atoms with E-state index in [2.05, 4.69) is 28.9 Å². The standard InChI is InChI=1S/C35H31ClN4O4S2/c1-39-33-25-10-11-26(36)31(33)32-27(38-40-12-4-9-28(32)40)18-45-17-21-16-44-30(37-21)19-46-22-14-20-6-2-3-7-23(20)29(15-22)43-13-5-8-24(25)34(39)35(41)42/h2-3,6-7,10-11,14-16H,4-5,8-9,12-13,17-19H2,1H3,(H,41,42). The normalized spacial score (nSPS) is 15.4. The van der Waals surface area contributed by atoms with E-state index in [1.807, 2.05) is 35.9 Å². The fourth-order valence-corrected chi connectivity index (χ4v) is 8.81. The van der Waals surface area contributed by atoms with Gasteiger partial charge in [-0.15, -0.1) is 23.5 Å². The zero-order valence-electron chi connectivity index (χ0n) is 25.2. The zero-order valence-corrected chi connectivity index (χ0v) is 27.6. The summed E-state index contributed by atoms with van der Waals surface area (Å²) in [6, 6.07) is 16.3. The number of thioether (sulfide) groups is 2. The van der Waals surface area contributed by atoms with E-state index in [9.17, 15) is 9.90 Å². The number of carboxylic acids is 1. The molecule has 1 N–H and O–H groups in total. The molecule has 3 aromatic heterocycles. The Morgan fingerprint density at radius 3 is 2.80 bits per heavy atom. The van der Waals surface area contributed by atoms with Crippen molar-refractivity contribution in [3.05, 3.63) is 94.0 Å². The van der Waals surface area contributed by atoms with Gasteiger partial charge in [0.1, 0.15) is 17.7 Å². The van der Waals surface area contributed by atoms with Crippen LogP contribution in [0.25, 0.3) is 32.8 Å². The molecule has 0 fully saturated rings. The lowest BCUT2D eigenvalue weighted by Gasteiger charge is -2.12. The van der Waals surface area contributed by atoms with Crippen LogP contribution in [0.3, 0.4) is 0 Å². The number of oxazole rings is 1. The Hall–Kier alpha value is -3.86. The number of hydrogen-bond acceptors (Lipinski definition) is 7. The van der Waals surface area contributed by atoms with Gasteiger partial charge < -0.3 is 18.8 Å². The lowest BCUT2D eigenvalue weighted by Crippen LogP contribution is -2.09. The molecule has 8 bridgehead atoms. The fraction of sp³-hybridized carbons (Fsp3) is 0.286. The highest BCUT2D eigenvalue weighted by molar-refractivity contribution is 7.98. The van der Waals surface area contributed by atoms with Crippen LogP contribution in [0.4, 0.5) is 0 Å². The largest absolute Gasteiger partial charge is 0.493 e. The molecule has 8 rings (SSSR count). The second-order valence-electron chi connectivity index (χ2n) is 11.7. The summed E-state index contributed by atoms with van der Waals surface area (Å²) in [6.07, 6.45) is 4.86. The summed E-state index contributed by atoms with van der Waals surface area (Å²) in [6.45, 7) is 1.30. The molecule has 3 aromatic carbocycles. The minimum Gasteiger partial charge on any atom is -0.493 e. The van der Waals surface area contributed by atoms with Crippen LogP contribution in [0.2, 0.25) is 5.02 Å². The van der Waals surface area contributed by atoms with Crippen molar-refractivity contribution < 1.29 is 19.1 Å². The van der Waals surface area contributed by atoms with Gasteiger partial charge in [-0.05, 0) is 54.8 Å². The lowest BCUT2D eigenvalue weighted by atomic mass is 9.97. The molecular weight excluding hydrogens is 640 g/mol. The SMILES string of the molecule is Cn1c(C(=O)O)c2c3ccc(Cl)c(c31)-c1c(nn3c1CCC3)CSCc1coc(n1)CSc1cc(c3ccccc3c1)OCCC2. The summed E-state index contributed by atoms with van der Waals surface area (Å²) >= 11 is 10.4. The average molecular weight is 671 g/mol. The van der Waals surface area contributed by atoms with Crippen molar-refractivity contribution in [1.82, 2.24) is 19.3 Å². The molecule has 5 heterocycles. The molecule has 0 amide bonds. The molecule has 0 spiro atoms. The fourth-order valence-electron chi connectivity index (χ4n) is 6.90. The molecule has 46 heavy (non-hydrogen) atoms. The minimum absolute atomic E-state index is 0.283. The molecule has 2 aliphatic rings. The number of hydrogen-bond donors (Lipinski definition) is 1. The van der Waals surface area contributed by atoms with E-state index in [0.29, 0.717) is 47.6 Å². The third kappa shape index (κ3) is 5.16. The Labute approximate surface area is 279 Å². The molecule has 0 unspecified atom stereocenters. The van der Waals surface area contributed by atoms with Crippen LogP contribution in [0, 0.1) is 0 Å². The number of benzene rings is 3. The Morgan fingerprint density at radius 2 is 1.91 bits per heavy atom. The number of carboxylic acid groups (broad SMARTS) is 1. The van der Waals surface area contributed by atoms with Crippen LogP contribution in [0.15, 0.2) is 64.1 Å². The number of aryl methyl sites for hydroxylation is 3. The van der Waals surface area contributed by atoms with Gasteiger partial charge in [0, 0.05) is 57.6 Å². The first-order valence-corrected chi connectivity index (χ1v) is 17.9. The Balaban J connectivity index is 1.25. The van der Waals surface area contributed by atoms with Crippen molar-refractivity contribution >= 4 is 62.8 Å². The van der Waals surface area contributed by atoms with E-state index in [4.69, 9.17) is 30.8 Å². The van der Waals surface area contributed by atoms with Crippen molar-refractivity contribution in [2.24, 2.45) is 7.05 Å². The Kier molecular flexibility index (Phi) is 7.74. The summed E-state index contributed by atoms with van der Waals surface area (Å²) in [7, 11) is 1.83. The summed E-state index contributed by atoms with van der Waals surface area (Å²) in [5.74, 6) is 2.50. The predicted octanol–water partition coefficient (Wildman–Crippen LogP) is 8.53. The molecule has 11 heteroatoms.